The Kier molecular flexibility index (Phi) is 3.76. The summed E-state index contributed by atoms with van der Waals surface area (Å²) < 4.78 is 4.84. The van der Waals surface area contributed by atoms with Gasteiger partial charge in [0, 0.05) is 4.88 Å². The lowest BCUT2D eigenvalue weighted by molar-refractivity contribution is 0.604. The molecule has 94 valence electrons. The molecule has 0 aliphatic rings. The Balaban J connectivity index is 2.31. The van der Waals surface area contributed by atoms with Crippen LogP contribution in [0.4, 0.5) is 0 Å². The van der Waals surface area contributed by atoms with Gasteiger partial charge in [-0.2, -0.15) is 4.37 Å². The van der Waals surface area contributed by atoms with Crippen molar-refractivity contribution in [1.82, 2.24) is 9.36 Å². The van der Waals surface area contributed by atoms with E-state index < -0.39 is 0 Å². The minimum Gasteiger partial charge on any atom is -0.211 e. The molecule has 0 bridgehead atoms. The van der Waals surface area contributed by atoms with Crippen LogP contribution in [0.2, 0.25) is 4.34 Å². The van der Waals surface area contributed by atoms with E-state index in [1.807, 2.05) is 6.92 Å². The first-order chi connectivity index (χ1) is 8.36. The molecule has 0 fully saturated rings. The lowest BCUT2D eigenvalue weighted by atomic mass is 9.94. The van der Waals surface area contributed by atoms with Gasteiger partial charge in [-0.05, 0) is 35.9 Å². The Labute approximate surface area is 120 Å². The molecule has 2 aromatic rings. The summed E-state index contributed by atoms with van der Waals surface area (Å²) in [4.78, 5) is 5.45. The molecule has 2 heterocycles. The van der Waals surface area contributed by atoms with Crippen LogP contribution in [0.5, 0.6) is 0 Å². The number of thiophene rings is 1. The molecule has 0 saturated heterocycles. The second-order valence-corrected chi connectivity index (χ2v) is 7.35. The summed E-state index contributed by atoms with van der Waals surface area (Å²) in [6, 6.07) is 2.06. The Bertz CT molecular complexity index is 623. The molecule has 0 N–H and O–H groups in total. The summed E-state index contributed by atoms with van der Waals surface area (Å²) in [6.07, 6.45) is 0. The zero-order valence-corrected chi connectivity index (χ0v) is 13.1. The summed E-state index contributed by atoms with van der Waals surface area (Å²) in [7, 11) is 0. The van der Waals surface area contributed by atoms with E-state index in [1.54, 1.807) is 11.3 Å². The first-order valence-electron chi connectivity index (χ1n) is 5.48. The van der Waals surface area contributed by atoms with E-state index in [9.17, 15) is 0 Å². The third-order valence-corrected chi connectivity index (χ3v) is 4.76. The summed E-state index contributed by atoms with van der Waals surface area (Å²) in [5.74, 6) is 6.84. The van der Waals surface area contributed by atoms with Gasteiger partial charge in [-0.25, -0.2) is 4.98 Å². The normalized spacial score (nSPS) is 11.2. The Morgan fingerprint density at radius 2 is 2.00 bits per heavy atom. The van der Waals surface area contributed by atoms with Gasteiger partial charge in [0.05, 0.1) is 5.56 Å². The van der Waals surface area contributed by atoms with Crippen molar-refractivity contribution >= 4 is 34.5 Å². The van der Waals surface area contributed by atoms with Gasteiger partial charge in [-0.3, -0.25) is 0 Å². The average Bonchev–Trinajstić information content (AvgIpc) is 2.81. The van der Waals surface area contributed by atoms with Crippen molar-refractivity contribution in [3.05, 3.63) is 31.7 Å². The van der Waals surface area contributed by atoms with Crippen molar-refractivity contribution in [1.29, 1.82) is 0 Å². The molecular formula is C13H13ClN2S2. The van der Waals surface area contributed by atoms with Crippen LogP contribution in [0.1, 0.15) is 42.0 Å². The van der Waals surface area contributed by atoms with Crippen molar-refractivity contribution in [3.8, 4) is 11.8 Å². The SMILES string of the molecule is Cc1nsc(C#Cc2cc(C(C)(C)C)sc2Cl)n1. The lowest BCUT2D eigenvalue weighted by Gasteiger charge is -2.14. The van der Waals surface area contributed by atoms with Gasteiger partial charge < -0.3 is 0 Å². The maximum Gasteiger partial charge on any atom is 0.187 e. The summed E-state index contributed by atoms with van der Waals surface area (Å²) >= 11 is 9.11. The Morgan fingerprint density at radius 1 is 1.28 bits per heavy atom. The zero-order valence-electron chi connectivity index (χ0n) is 10.7. The molecule has 0 radical (unpaired) electrons. The van der Waals surface area contributed by atoms with Crippen LogP contribution in [-0.2, 0) is 5.41 Å². The Hall–Kier alpha value is -0.890. The molecule has 5 heteroatoms. The molecule has 0 spiro atoms. The minimum atomic E-state index is 0.105. The maximum absolute atomic E-state index is 6.21. The smallest absolute Gasteiger partial charge is 0.187 e. The van der Waals surface area contributed by atoms with Gasteiger partial charge in [-0.1, -0.05) is 38.3 Å². The highest BCUT2D eigenvalue weighted by Crippen LogP contribution is 2.35. The fraction of sp³-hybridized carbons (Fsp3) is 0.385. The molecule has 0 aromatic carbocycles. The second-order valence-electron chi connectivity index (χ2n) is 4.94. The monoisotopic (exact) mass is 296 g/mol. The van der Waals surface area contributed by atoms with Crippen LogP contribution < -0.4 is 0 Å². The molecule has 2 aromatic heterocycles. The molecule has 0 aliphatic heterocycles. The van der Waals surface area contributed by atoms with Crippen molar-refractivity contribution in [2.24, 2.45) is 0 Å². The van der Waals surface area contributed by atoms with E-state index in [-0.39, 0.29) is 5.41 Å². The summed E-state index contributed by atoms with van der Waals surface area (Å²) in [5.41, 5.74) is 0.979. The van der Waals surface area contributed by atoms with Gasteiger partial charge in [0.2, 0.25) is 0 Å². The first kappa shape index (κ1) is 13.5. The third kappa shape index (κ3) is 3.11. The highest BCUT2D eigenvalue weighted by molar-refractivity contribution is 7.16. The fourth-order valence-corrected chi connectivity index (χ4v) is 3.07. The topological polar surface area (TPSA) is 25.8 Å². The van der Waals surface area contributed by atoms with Gasteiger partial charge in [0.25, 0.3) is 0 Å². The van der Waals surface area contributed by atoms with Gasteiger partial charge in [-0.15, -0.1) is 11.3 Å². The number of halogens is 1. The third-order valence-electron chi connectivity index (χ3n) is 2.26. The van der Waals surface area contributed by atoms with Crippen molar-refractivity contribution in [2.45, 2.75) is 33.1 Å². The van der Waals surface area contributed by atoms with Crippen LogP contribution in [0.3, 0.4) is 0 Å². The number of aromatic nitrogens is 2. The molecule has 0 aliphatic carbocycles. The summed E-state index contributed by atoms with van der Waals surface area (Å²) in [5, 5.41) is 0.729. The van der Waals surface area contributed by atoms with E-state index >= 15 is 0 Å². The van der Waals surface area contributed by atoms with Crippen LogP contribution >= 0.6 is 34.5 Å². The molecule has 0 unspecified atom stereocenters. The summed E-state index contributed by atoms with van der Waals surface area (Å²) in [6.45, 7) is 8.36. The molecule has 0 atom stereocenters. The van der Waals surface area contributed by atoms with Gasteiger partial charge >= 0.3 is 0 Å². The minimum absolute atomic E-state index is 0.105. The highest BCUT2D eigenvalue weighted by Gasteiger charge is 2.18. The highest BCUT2D eigenvalue weighted by atomic mass is 35.5. The van der Waals surface area contributed by atoms with E-state index in [1.165, 1.54) is 16.4 Å². The fourth-order valence-electron chi connectivity index (χ4n) is 1.29. The van der Waals surface area contributed by atoms with Crippen molar-refractivity contribution in [3.63, 3.8) is 0 Å². The molecular weight excluding hydrogens is 284 g/mol. The van der Waals surface area contributed by atoms with Crippen LogP contribution in [0.15, 0.2) is 6.07 Å². The number of nitrogens with zero attached hydrogens (tertiary/aromatic N) is 2. The predicted molar refractivity (Wildman–Crippen MR) is 78.7 cm³/mol. The maximum atomic E-state index is 6.21. The molecule has 2 rings (SSSR count). The van der Waals surface area contributed by atoms with E-state index in [4.69, 9.17) is 11.6 Å². The molecule has 0 amide bonds. The molecule has 18 heavy (non-hydrogen) atoms. The van der Waals surface area contributed by atoms with Crippen LogP contribution in [0, 0.1) is 18.8 Å². The Morgan fingerprint density at radius 3 is 2.50 bits per heavy atom. The number of aryl methyl sites for hydroxylation is 1. The van der Waals surface area contributed by atoms with Crippen LogP contribution in [0.25, 0.3) is 0 Å². The lowest BCUT2D eigenvalue weighted by Crippen LogP contribution is -2.07. The van der Waals surface area contributed by atoms with Crippen molar-refractivity contribution < 1.29 is 0 Å². The zero-order chi connectivity index (χ0) is 13.3. The standard InChI is InChI=1S/C13H13ClN2S2/c1-8-15-11(18-16-8)6-5-9-7-10(13(2,3)4)17-12(9)14/h7H,1-4H3. The van der Waals surface area contributed by atoms with Gasteiger partial charge in [0.15, 0.2) is 5.01 Å². The quantitative estimate of drug-likeness (QED) is 0.679. The largest absolute Gasteiger partial charge is 0.211 e. The second kappa shape index (κ2) is 5.00. The number of hydrogen-bond donors (Lipinski definition) is 0. The van der Waals surface area contributed by atoms with Crippen LogP contribution in [-0.4, -0.2) is 9.36 Å². The average molecular weight is 297 g/mol. The molecule has 2 nitrogen and oxygen atoms in total. The number of rotatable bonds is 0. The molecule has 0 saturated carbocycles. The van der Waals surface area contributed by atoms with E-state index in [0.717, 1.165) is 20.7 Å². The number of hydrogen-bond acceptors (Lipinski definition) is 4. The van der Waals surface area contributed by atoms with E-state index in [0.29, 0.717) is 0 Å². The predicted octanol–water partition coefficient (Wildman–Crippen LogP) is 4.26. The van der Waals surface area contributed by atoms with Crippen molar-refractivity contribution in [2.75, 3.05) is 0 Å². The van der Waals surface area contributed by atoms with Gasteiger partial charge in [0.1, 0.15) is 10.2 Å². The van der Waals surface area contributed by atoms with E-state index in [2.05, 4.69) is 48.0 Å². The first-order valence-corrected chi connectivity index (χ1v) is 7.45.